The van der Waals surface area contributed by atoms with Gasteiger partial charge in [0.05, 0.1) is 11.1 Å². The van der Waals surface area contributed by atoms with E-state index in [1.807, 2.05) is 0 Å². The van der Waals surface area contributed by atoms with E-state index in [9.17, 15) is 14.9 Å². The Balaban J connectivity index is 1.65. The molecule has 0 unspecified atom stereocenters. The summed E-state index contributed by atoms with van der Waals surface area (Å²) in [5.74, 6) is 0.529. The first-order chi connectivity index (χ1) is 12.1. The number of nitrogens with one attached hydrogen (secondary N) is 1. The maximum absolute atomic E-state index is 11.8. The molecule has 0 bridgehead atoms. The first kappa shape index (κ1) is 16.1. The summed E-state index contributed by atoms with van der Waals surface area (Å²) >= 11 is 0. The van der Waals surface area contributed by atoms with Crippen molar-refractivity contribution in [3.05, 3.63) is 82.4 Å². The van der Waals surface area contributed by atoms with Crippen LogP contribution in [0.1, 0.15) is 16.2 Å². The highest BCUT2D eigenvalue weighted by atomic mass is 16.6. The van der Waals surface area contributed by atoms with Crippen molar-refractivity contribution in [3.8, 4) is 11.3 Å². The van der Waals surface area contributed by atoms with Crippen LogP contribution >= 0.6 is 0 Å². The third kappa shape index (κ3) is 3.94. The summed E-state index contributed by atoms with van der Waals surface area (Å²) in [6, 6.07) is 14.4. The van der Waals surface area contributed by atoms with Crippen molar-refractivity contribution in [3.63, 3.8) is 0 Å². The summed E-state index contributed by atoms with van der Waals surface area (Å²) in [4.78, 5) is 25.9. The molecule has 0 radical (unpaired) electrons. The van der Waals surface area contributed by atoms with Gasteiger partial charge in [-0.1, -0.05) is 6.07 Å². The summed E-state index contributed by atoms with van der Waals surface area (Å²) in [5.41, 5.74) is 3.31. The molecule has 0 aliphatic rings. The van der Waals surface area contributed by atoms with E-state index in [1.165, 1.54) is 24.5 Å². The van der Waals surface area contributed by atoms with Gasteiger partial charge < -0.3 is 4.42 Å². The van der Waals surface area contributed by atoms with Crippen molar-refractivity contribution in [2.75, 3.05) is 0 Å². The van der Waals surface area contributed by atoms with Crippen LogP contribution in [0.5, 0.6) is 0 Å². The SMILES string of the molecule is O=C(NN=Cc1ccc(-c2ccc([N+](=O)[O-])cc2)o1)c1ccccn1. The molecule has 8 heteroatoms. The molecule has 3 rings (SSSR count). The number of aromatic nitrogens is 1. The topological polar surface area (TPSA) is 111 Å². The second-order valence-corrected chi connectivity index (χ2v) is 4.92. The van der Waals surface area contributed by atoms with Crippen LogP contribution in [0.4, 0.5) is 5.69 Å². The fraction of sp³-hybridized carbons (Fsp3) is 0. The molecule has 3 aromatic rings. The highest BCUT2D eigenvalue weighted by Gasteiger charge is 2.08. The van der Waals surface area contributed by atoms with Crippen molar-refractivity contribution in [1.82, 2.24) is 10.4 Å². The van der Waals surface area contributed by atoms with Gasteiger partial charge in [0.2, 0.25) is 0 Å². The maximum atomic E-state index is 11.8. The molecule has 0 fully saturated rings. The number of carbonyl (C=O) groups is 1. The number of carbonyl (C=O) groups excluding carboxylic acids is 1. The Hall–Kier alpha value is -3.81. The molecule has 2 heterocycles. The second kappa shape index (κ2) is 7.18. The van der Waals surface area contributed by atoms with Crippen LogP contribution in [0.3, 0.4) is 0 Å². The van der Waals surface area contributed by atoms with Crippen LogP contribution in [0, 0.1) is 10.1 Å². The number of nitro benzene ring substituents is 1. The van der Waals surface area contributed by atoms with Crippen LogP contribution in [0.25, 0.3) is 11.3 Å². The molecule has 8 nitrogen and oxygen atoms in total. The van der Waals surface area contributed by atoms with Gasteiger partial charge in [0.15, 0.2) is 0 Å². The fourth-order valence-electron chi connectivity index (χ4n) is 2.03. The molecule has 2 aromatic heterocycles. The Kier molecular flexibility index (Phi) is 4.61. The predicted octanol–water partition coefficient (Wildman–Crippen LogP) is 3.01. The lowest BCUT2D eigenvalue weighted by Crippen LogP contribution is -2.18. The number of nitrogens with zero attached hydrogens (tertiary/aromatic N) is 3. The first-order valence-corrected chi connectivity index (χ1v) is 7.22. The first-order valence-electron chi connectivity index (χ1n) is 7.22. The van der Waals surface area contributed by atoms with Gasteiger partial charge >= 0.3 is 0 Å². The van der Waals surface area contributed by atoms with E-state index in [2.05, 4.69) is 15.5 Å². The van der Waals surface area contributed by atoms with Gasteiger partial charge in [0.1, 0.15) is 17.2 Å². The van der Waals surface area contributed by atoms with Crippen LogP contribution in [-0.2, 0) is 0 Å². The van der Waals surface area contributed by atoms with Gasteiger partial charge in [-0.25, -0.2) is 5.43 Å². The fourth-order valence-corrected chi connectivity index (χ4v) is 2.03. The van der Waals surface area contributed by atoms with Crippen molar-refractivity contribution in [2.45, 2.75) is 0 Å². The van der Waals surface area contributed by atoms with E-state index in [1.54, 1.807) is 42.5 Å². The number of furan rings is 1. The molecule has 0 aliphatic heterocycles. The van der Waals surface area contributed by atoms with Gasteiger partial charge in [-0.05, 0) is 36.4 Å². The minimum absolute atomic E-state index is 0.00864. The Labute approximate surface area is 142 Å². The maximum Gasteiger partial charge on any atom is 0.289 e. The number of non-ortho nitro benzene ring substituents is 1. The van der Waals surface area contributed by atoms with E-state index in [-0.39, 0.29) is 11.4 Å². The highest BCUT2D eigenvalue weighted by molar-refractivity contribution is 5.92. The van der Waals surface area contributed by atoms with Crippen molar-refractivity contribution in [2.24, 2.45) is 5.10 Å². The number of hydrogen-bond acceptors (Lipinski definition) is 6. The van der Waals surface area contributed by atoms with Crippen molar-refractivity contribution >= 4 is 17.8 Å². The largest absolute Gasteiger partial charge is 0.455 e. The van der Waals surface area contributed by atoms with Crippen LogP contribution < -0.4 is 5.43 Å². The normalized spacial score (nSPS) is 10.7. The van der Waals surface area contributed by atoms with E-state index in [0.717, 1.165) is 0 Å². The van der Waals surface area contributed by atoms with Crippen molar-refractivity contribution < 1.29 is 14.1 Å². The third-order valence-corrected chi connectivity index (χ3v) is 3.24. The van der Waals surface area contributed by atoms with Gasteiger partial charge in [-0.2, -0.15) is 5.10 Å². The van der Waals surface area contributed by atoms with Gasteiger partial charge in [0.25, 0.3) is 11.6 Å². The van der Waals surface area contributed by atoms with Crippen LogP contribution in [0.15, 0.2) is 70.3 Å². The summed E-state index contributed by atoms with van der Waals surface area (Å²) in [6.07, 6.45) is 2.87. The minimum Gasteiger partial charge on any atom is -0.455 e. The van der Waals surface area contributed by atoms with Crippen LogP contribution in [0.2, 0.25) is 0 Å². The van der Waals surface area contributed by atoms with Gasteiger partial charge in [-0.15, -0.1) is 0 Å². The number of nitro groups is 1. The average Bonchev–Trinajstić information content (AvgIpc) is 3.11. The van der Waals surface area contributed by atoms with E-state index >= 15 is 0 Å². The molecule has 0 spiro atoms. The monoisotopic (exact) mass is 336 g/mol. The summed E-state index contributed by atoms with van der Waals surface area (Å²) < 4.78 is 5.57. The smallest absolute Gasteiger partial charge is 0.289 e. The Morgan fingerprint density at radius 2 is 1.96 bits per heavy atom. The Bertz CT molecular complexity index is 917. The molecule has 1 amide bonds. The lowest BCUT2D eigenvalue weighted by Gasteiger charge is -1.97. The number of rotatable bonds is 5. The molecule has 1 aromatic carbocycles. The zero-order valence-electron chi connectivity index (χ0n) is 12.8. The zero-order chi connectivity index (χ0) is 17.6. The quantitative estimate of drug-likeness (QED) is 0.437. The molecule has 0 saturated carbocycles. The lowest BCUT2D eigenvalue weighted by molar-refractivity contribution is -0.384. The van der Waals surface area contributed by atoms with Crippen LogP contribution in [-0.4, -0.2) is 22.0 Å². The van der Waals surface area contributed by atoms with E-state index in [4.69, 9.17) is 4.42 Å². The second-order valence-electron chi connectivity index (χ2n) is 4.92. The molecule has 124 valence electrons. The van der Waals surface area contributed by atoms with E-state index in [0.29, 0.717) is 17.1 Å². The number of benzene rings is 1. The lowest BCUT2D eigenvalue weighted by atomic mass is 10.1. The predicted molar refractivity (Wildman–Crippen MR) is 90.1 cm³/mol. The molecular formula is C17H12N4O4. The van der Waals surface area contributed by atoms with Gasteiger partial charge in [-0.3, -0.25) is 19.9 Å². The number of pyridine rings is 1. The molecule has 1 N–H and O–H groups in total. The van der Waals surface area contributed by atoms with Crippen molar-refractivity contribution in [1.29, 1.82) is 0 Å². The Morgan fingerprint density at radius 1 is 1.16 bits per heavy atom. The molecular weight excluding hydrogens is 324 g/mol. The van der Waals surface area contributed by atoms with E-state index < -0.39 is 10.8 Å². The molecule has 0 aliphatic carbocycles. The average molecular weight is 336 g/mol. The highest BCUT2D eigenvalue weighted by Crippen LogP contribution is 2.23. The van der Waals surface area contributed by atoms with Gasteiger partial charge in [0, 0.05) is 23.9 Å². The summed E-state index contributed by atoms with van der Waals surface area (Å²) in [5, 5.41) is 14.5. The molecule has 0 saturated heterocycles. The zero-order valence-corrected chi connectivity index (χ0v) is 12.8. The minimum atomic E-state index is -0.464. The summed E-state index contributed by atoms with van der Waals surface area (Å²) in [6.45, 7) is 0. The molecule has 25 heavy (non-hydrogen) atoms. The molecule has 0 atom stereocenters. The Morgan fingerprint density at radius 3 is 2.64 bits per heavy atom. The third-order valence-electron chi connectivity index (χ3n) is 3.24. The number of amides is 1. The summed E-state index contributed by atoms with van der Waals surface area (Å²) in [7, 11) is 0. The standard InChI is InChI=1S/C17H12N4O4/c22-17(15-3-1-2-10-18-15)20-19-11-14-8-9-16(25-14)12-4-6-13(7-5-12)21(23)24/h1-11H,(H,20,22). The number of hydrogen-bond donors (Lipinski definition) is 1. The number of hydrazone groups is 1.